The van der Waals surface area contributed by atoms with Gasteiger partial charge in [0.25, 0.3) is 0 Å². The predicted molar refractivity (Wildman–Crippen MR) is 59.9 cm³/mol. The van der Waals surface area contributed by atoms with Gasteiger partial charge in [-0.1, -0.05) is 6.07 Å². The first-order valence-electron chi connectivity index (χ1n) is 5.10. The second kappa shape index (κ2) is 5.49. The minimum Gasteiger partial charge on any atom is -0.493 e. The van der Waals surface area contributed by atoms with Crippen LogP contribution in [0.1, 0.15) is 12.0 Å². The minimum atomic E-state index is -0.295. The molecule has 0 aliphatic heterocycles. The summed E-state index contributed by atoms with van der Waals surface area (Å²) in [5.41, 5.74) is 0.580. The van der Waals surface area contributed by atoms with Crippen LogP contribution < -0.4 is 4.74 Å². The highest BCUT2D eigenvalue weighted by Crippen LogP contribution is 2.15. The van der Waals surface area contributed by atoms with E-state index in [1.807, 2.05) is 0 Å². The maximum atomic E-state index is 13.1. The number of hydrogen-bond acceptors (Lipinski definition) is 2. The van der Waals surface area contributed by atoms with Gasteiger partial charge in [-0.15, -0.1) is 0 Å². The summed E-state index contributed by atoms with van der Waals surface area (Å²) in [6.45, 7) is 1.95. The van der Waals surface area contributed by atoms with Gasteiger partial charge in [0.15, 0.2) is 0 Å². The monoisotopic (exact) mass is 225 g/mol. The molecule has 0 atom stereocenters. The Balaban J connectivity index is 2.43. The average molecular weight is 225 g/mol. The van der Waals surface area contributed by atoms with Gasteiger partial charge in [0.05, 0.1) is 13.0 Å². The zero-order chi connectivity index (χ0) is 12.1. The molecular formula is C12H16FNO2. The van der Waals surface area contributed by atoms with Crippen LogP contribution in [0.15, 0.2) is 18.2 Å². The fourth-order valence-electron chi connectivity index (χ4n) is 1.14. The fourth-order valence-corrected chi connectivity index (χ4v) is 1.14. The number of amides is 1. The number of aryl methyl sites for hydroxylation is 1. The molecule has 0 saturated heterocycles. The van der Waals surface area contributed by atoms with E-state index < -0.39 is 0 Å². The highest BCUT2D eigenvalue weighted by atomic mass is 19.1. The zero-order valence-electron chi connectivity index (χ0n) is 9.79. The zero-order valence-corrected chi connectivity index (χ0v) is 9.79. The van der Waals surface area contributed by atoms with E-state index in [9.17, 15) is 9.18 Å². The van der Waals surface area contributed by atoms with Gasteiger partial charge in [0.2, 0.25) is 5.91 Å². The van der Waals surface area contributed by atoms with Crippen LogP contribution in [-0.2, 0) is 4.79 Å². The van der Waals surface area contributed by atoms with Crippen LogP contribution in [0, 0.1) is 12.7 Å². The summed E-state index contributed by atoms with van der Waals surface area (Å²) in [6, 6.07) is 4.67. The molecule has 1 rings (SSSR count). The van der Waals surface area contributed by atoms with Crippen molar-refractivity contribution in [1.29, 1.82) is 0 Å². The van der Waals surface area contributed by atoms with Gasteiger partial charge >= 0.3 is 0 Å². The predicted octanol–water partition coefficient (Wildman–Crippen LogP) is 1.99. The number of hydrogen-bond donors (Lipinski definition) is 0. The Morgan fingerprint density at radius 3 is 2.69 bits per heavy atom. The summed E-state index contributed by atoms with van der Waals surface area (Å²) in [5, 5.41) is 0. The van der Waals surface area contributed by atoms with Crippen LogP contribution in [0.2, 0.25) is 0 Å². The van der Waals surface area contributed by atoms with Crippen molar-refractivity contribution >= 4 is 5.91 Å². The Morgan fingerprint density at radius 1 is 1.44 bits per heavy atom. The number of benzene rings is 1. The van der Waals surface area contributed by atoms with E-state index in [2.05, 4.69) is 0 Å². The lowest BCUT2D eigenvalue weighted by molar-refractivity contribution is -0.129. The summed E-state index contributed by atoms with van der Waals surface area (Å²) in [4.78, 5) is 12.7. The van der Waals surface area contributed by atoms with Crippen molar-refractivity contribution < 1.29 is 13.9 Å². The summed E-state index contributed by atoms with van der Waals surface area (Å²) in [7, 11) is 3.38. The van der Waals surface area contributed by atoms with Crippen molar-refractivity contribution in [2.24, 2.45) is 0 Å². The largest absolute Gasteiger partial charge is 0.493 e. The van der Waals surface area contributed by atoms with Crippen molar-refractivity contribution in [2.75, 3.05) is 20.7 Å². The van der Waals surface area contributed by atoms with Gasteiger partial charge in [-0.25, -0.2) is 4.39 Å². The fraction of sp³-hybridized carbons (Fsp3) is 0.417. The molecule has 0 bridgehead atoms. The molecular weight excluding hydrogens is 209 g/mol. The average Bonchev–Trinajstić information content (AvgIpc) is 2.23. The van der Waals surface area contributed by atoms with Gasteiger partial charge in [-0.3, -0.25) is 4.79 Å². The van der Waals surface area contributed by atoms with Crippen molar-refractivity contribution in [1.82, 2.24) is 4.90 Å². The molecule has 88 valence electrons. The number of carbonyl (C=O) groups is 1. The third-order valence-corrected chi connectivity index (χ3v) is 2.23. The standard InChI is InChI=1S/C12H16FNO2/c1-9-4-5-10(8-11(9)13)16-7-6-12(15)14(2)3/h4-5,8H,6-7H2,1-3H3. The first-order valence-corrected chi connectivity index (χ1v) is 5.10. The molecule has 0 aliphatic carbocycles. The first-order chi connectivity index (χ1) is 7.50. The van der Waals surface area contributed by atoms with Crippen LogP contribution >= 0.6 is 0 Å². The Kier molecular flexibility index (Phi) is 4.28. The molecule has 0 saturated carbocycles. The topological polar surface area (TPSA) is 29.5 Å². The first kappa shape index (κ1) is 12.5. The number of nitrogens with zero attached hydrogens (tertiary/aromatic N) is 1. The molecule has 0 unspecified atom stereocenters. The lowest BCUT2D eigenvalue weighted by Crippen LogP contribution is -2.23. The van der Waals surface area contributed by atoms with E-state index in [1.165, 1.54) is 11.0 Å². The summed E-state index contributed by atoms with van der Waals surface area (Å²) < 4.78 is 18.4. The number of ether oxygens (including phenoxy) is 1. The number of rotatable bonds is 4. The third-order valence-electron chi connectivity index (χ3n) is 2.23. The Labute approximate surface area is 94.8 Å². The minimum absolute atomic E-state index is 0.00687. The molecule has 0 heterocycles. The molecule has 1 aromatic rings. The summed E-state index contributed by atoms with van der Waals surface area (Å²) >= 11 is 0. The van der Waals surface area contributed by atoms with Gasteiger partial charge in [0, 0.05) is 20.2 Å². The molecule has 0 spiro atoms. The van der Waals surface area contributed by atoms with E-state index in [-0.39, 0.29) is 18.3 Å². The Hall–Kier alpha value is -1.58. The second-order valence-electron chi connectivity index (χ2n) is 3.80. The highest BCUT2D eigenvalue weighted by Gasteiger charge is 2.05. The van der Waals surface area contributed by atoms with E-state index in [4.69, 9.17) is 4.74 Å². The molecule has 0 aromatic heterocycles. The molecule has 3 nitrogen and oxygen atoms in total. The lowest BCUT2D eigenvalue weighted by Gasteiger charge is -2.11. The molecule has 16 heavy (non-hydrogen) atoms. The van der Waals surface area contributed by atoms with E-state index in [0.717, 1.165) is 0 Å². The summed E-state index contributed by atoms with van der Waals surface area (Å²) in [6.07, 6.45) is 0.294. The molecule has 1 aromatic carbocycles. The lowest BCUT2D eigenvalue weighted by atomic mass is 10.2. The Bertz CT molecular complexity index is 377. The van der Waals surface area contributed by atoms with Crippen LogP contribution in [0.3, 0.4) is 0 Å². The molecule has 4 heteroatoms. The second-order valence-corrected chi connectivity index (χ2v) is 3.80. The van der Waals surface area contributed by atoms with Crippen LogP contribution in [0.5, 0.6) is 5.75 Å². The van der Waals surface area contributed by atoms with Gasteiger partial charge in [-0.05, 0) is 18.6 Å². The quantitative estimate of drug-likeness (QED) is 0.784. The van der Waals surface area contributed by atoms with E-state index >= 15 is 0 Å². The third kappa shape index (κ3) is 3.53. The van der Waals surface area contributed by atoms with Crippen LogP contribution in [0.4, 0.5) is 4.39 Å². The molecule has 0 radical (unpaired) electrons. The SMILES string of the molecule is Cc1ccc(OCCC(=O)N(C)C)cc1F. The molecule has 0 aliphatic rings. The number of carbonyl (C=O) groups excluding carboxylic acids is 1. The number of halogens is 1. The van der Waals surface area contributed by atoms with Crippen molar-refractivity contribution in [3.63, 3.8) is 0 Å². The molecule has 0 N–H and O–H groups in total. The van der Waals surface area contributed by atoms with Gasteiger partial charge < -0.3 is 9.64 Å². The Morgan fingerprint density at radius 2 is 2.12 bits per heavy atom. The van der Waals surface area contributed by atoms with Crippen LogP contribution in [0.25, 0.3) is 0 Å². The van der Waals surface area contributed by atoms with Crippen molar-refractivity contribution in [2.45, 2.75) is 13.3 Å². The summed E-state index contributed by atoms with van der Waals surface area (Å²) in [5.74, 6) is 0.152. The van der Waals surface area contributed by atoms with E-state index in [0.29, 0.717) is 17.7 Å². The maximum Gasteiger partial charge on any atom is 0.225 e. The maximum absolute atomic E-state index is 13.1. The normalized spacial score (nSPS) is 10.0. The van der Waals surface area contributed by atoms with Crippen molar-refractivity contribution in [3.8, 4) is 5.75 Å². The van der Waals surface area contributed by atoms with Crippen molar-refractivity contribution in [3.05, 3.63) is 29.6 Å². The van der Waals surface area contributed by atoms with Gasteiger partial charge in [0.1, 0.15) is 11.6 Å². The van der Waals surface area contributed by atoms with Gasteiger partial charge in [-0.2, -0.15) is 0 Å². The van der Waals surface area contributed by atoms with Crippen LogP contribution in [-0.4, -0.2) is 31.5 Å². The smallest absolute Gasteiger partial charge is 0.225 e. The highest BCUT2D eigenvalue weighted by molar-refractivity contribution is 5.75. The molecule has 1 amide bonds. The molecule has 0 fully saturated rings. The van der Waals surface area contributed by atoms with E-state index in [1.54, 1.807) is 33.2 Å².